The number of hydrogen-bond acceptors (Lipinski definition) is 4. The fraction of sp³-hybridized carbons (Fsp3) is 0.333. The van der Waals surface area contributed by atoms with Gasteiger partial charge in [0, 0.05) is 36.5 Å². The van der Waals surface area contributed by atoms with Crippen molar-refractivity contribution in [1.82, 2.24) is 25.1 Å². The largest absolute Gasteiger partial charge is 0.338 e. The van der Waals surface area contributed by atoms with Crippen molar-refractivity contribution >= 4 is 5.91 Å². The maximum absolute atomic E-state index is 12.6. The summed E-state index contributed by atoms with van der Waals surface area (Å²) in [5.74, 6) is 0.385. The van der Waals surface area contributed by atoms with Gasteiger partial charge in [0.15, 0.2) is 0 Å². The van der Waals surface area contributed by atoms with Crippen LogP contribution in [0.25, 0.3) is 11.3 Å². The zero-order valence-electron chi connectivity index (χ0n) is 15.6. The molecule has 1 N–H and O–H groups in total. The molecule has 1 aliphatic rings. The Morgan fingerprint density at radius 2 is 1.89 bits per heavy atom. The molecule has 1 fully saturated rings. The lowest BCUT2D eigenvalue weighted by atomic mass is 9.93. The van der Waals surface area contributed by atoms with Gasteiger partial charge < -0.3 is 4.90 Å². The van der Waals surface area contributed by atoms with E-state index in [4.69, 9.17) is 4.98 Å². The van der Waals surface area contributed by atoms with Crippen LogP contribution in [-0.4, -0.2) is 44.1 Å². The smallest absolute Gasteiger partial charge is 0.257 e. The van der Waals surface area contributed by atoms with Crippen molar-refractivity contribution < 1.29 is 4.79 Å². The van der Waals surface area contributed by atoms with Crippen LogP contribution in [0.15, 0.2) is 42.9 Å². The highest BCUT2D eigenvalue weighted by atomic mass is 16.2. The third kappa shape index (κ3) is 3.47. The maximum atomic E-state index is 12.6. The van der Waals surface area contributed by atoms with E-state index in [-0.39, 0.29) is 5.91 Å². The minimum absolute atomic E-state index is 0.0550. The van der Waals surface area contributed by atoms with Crippen LogP contribution in [0.5, 0.6) is 0 Å². The van der Waals surface area contributed by atoms with E-state index in [0.717, 1.165) is 48.6 Å². The number of benzene rings is 1. The molecule has 138 valence electrons. The summed E-state index contributed by atoms with van der Waals surface area (Å²) in [5, 5.41) is 6.79. The zero-order valence-corrected chi connectivity index (χ0v) is 15.6. The second kappa shape index (κ2) is 7.31. The minimum Gasteiger partial charge on any atom is -0.338 e. The van der Waals surface area contributed by atoms with Crippen LogP contribution in [-0.2, 0) is 0 Å². The predicted molar refractivity (Wildman–Crippen MR) is 103 cm³/mol. The van der Waals surface area contributed by atoms with Gasteiger partial charge in [-0.25, -0.2) is 4.98 Å². The van der Waals surface area contributed by atoms with Gasteiger partial charge in [-0.15, -0.1) is 0 Å². The summed E-state index contributed by atoms with van der Waals surface area (Å²) >= 11 is 0. The van der Waals surface area contributed by atoms with Gasteiger partial charge in [-0.2, -0.15) is 5.10 Å². The molecule has 3 aromatic rings. The van der Waals surface area contributed by atoms with Crippen LogP contribution in [0.4, 0.5) is 0 Å². The van der Waals surface area contributed by atoms with Gasteiger partial charge in [0.25, 0.3) is 5.91 Å². The summed E-state index contributed by atoms with van der Waals surface area (Å²) in [6.45, 7) is 5.42. The summed E-state index contributed by atoms with van der Waals surface area (Å²) in [6.07, 6.45) is 7.10. The highest BCUT2D eigenvalue weighted by Gasteiger charge is 2.27. The van der Waals surface area contributed by atoms with E-state index >= 15 is 0 Å². The molecule has 0 radical (unpaired) electrons. The van der Waals surface area contributed by atoms with Crippen LogP contribution in [0, 0.1) is 13.8 Å². The van der Waals surface area contributed by atoms with Crippen molar-refractivity contribution in [2.45, 2.75) is 32.6 Å². The summed E-state index contributed by atoms with van der Waals surface area (Å²) < 4.78 is 0. The monoisotopic (exact) mass is 361 g/mol. The van der Waals surface area contributed by atoms with E-state index in [1.54, 1.807) is 6.20 Å². The maximum Gasteiger partial charge on any atom is 0.257 e. The molecule has 1 aromatic carbocycles. The number of nitrogens with zero attached hydrogens (tertiary/aromatic N) is 4. The number of H-pyrrole nitrogens is 1. The van der Waals surface area contributed by atoms with E-state index in [2.05, 4.69) is 34.2 Å². The number of carbonyl (C=O) groups is 1. The number of carbonyl (C=O) groups excluding carboxylic acids is 1. The first-order valence-electron chi connectivity index (χ1n) is 9.30. The summed E-state index contributed by atoms with van der Waals surface area (Å²) in [6, 6.07) is 8.23. The second-order valence-corrected chi connectivity index (χ2v) is 7.12. The van der Waals surface area contributed by atoms with Crippen molar-refractivity contribution in [3.8, 4) is 11.3 Å². The number of amides is 1. The molecule has 1 amide bonds. The lowest BCUT2D eigenvalue weighted by Gasteiger charge is -2.31. The van der Waals surface area contributed by atoms with Gasteiger partial charge in [-0.05, 0) is 32.3 Å². The molecule has 1 saturated heterocycles. The molecule has 0 spiro atoms. The van der Waals surface area contributed by atoms with Gasteiger partial charge in [-0.1, -0.05) is 24.3 Å². The number of rotatable bonds is 3. The number of aromatic amines is 1. The fourth-order valence-corrected chi connectivity index (χ4v) is 3.68. The van der Waals surface area contributed by atoms with E-state index in [0.29, 0.717) is 11.5 Å². The molecule has 0 bridgehead atoms. The molecule has 3 heterocycles. The number of likely N-dealkylation sites (tertiary alicyclic amines) is 1. The van der Waals surface area contributed by atoms with Gasteiger partial charge in [0.05, 0.1) is 29.3 Å². The lowest BCUT2D eigenvalue weighted by molar-refractivity contribution is 0.0711. The molecule has 0 saturated carbocycles. The van der Waals surface area contributed by atoms with Crippen LogP contribution >= 0.6 is 0 Å². The Bertz CT molecular complexity index is 956. The van der Waals surface area contributed by atoms with Crippen LogP contribution in [0.2, 0.25) is 0 Å². The third-order valence-electron chi connectivity index (χ3n) is 5.33. The Labute approximate surface area is 158 Å². The molecule has 0 unspecified atom stereocenters. The average Bonchev–Trinajstić information content (AvgIpc) is 3.14. The number of aryl methyl sites for hydroxylation is 2. The van der Waals surface area contributed by atoms with E-state index in [9.17, 15) is 4.79 Å². The summed E-state index contributed by atoms with van der Waals surface area (Å²) in [7, 11) is 0. The first-order valence-corrected chi connectivity index (χ1v) is 9.30. The van der Waals surface area contributed by atoms with Crippen LogP contribution in [0.1, 0.15) is 46.1 Å². The number of piperidine rings is 1. The molecular weight excluding hydrogens is 338 g/mol. The molecule has 4 rings (SSSR count). The number of nitrogens with one attached hydrogen (secondary N) is 1. The van der Waals surface area contributed by atoms with E-state index < -0.39 is 0 Å². The normalized spacial score (nSPS) is 15.1. The highest BCUT2D eigenvalue weighted by Crippen LogP contribution is 2.29. The Morgan fingerprint density at radius 3 is 2.59 bits per heavy atom. The van der Waals surface area contributed by atoms with Crippen molar-refractivity contribution in [2.24, 2.45) is 0 Å². The Balaban J connectivity index is 1.47. The van der Waals surface area contributed by atoms with Crippen molar-refractivity contribution in [1.29, 1.82) is 0 Å². The van der Waals surface area contributed by atoms with Crippen molar-refractivity contribution in [3.63, 3.8) is 0 Å². The first kappa shape index (κ1) is 17.4. The summed E-state index contributed by atoms with van der Waals surface area (Å²) in [4.78, 5) is 23.9. The quantitative estimate of drug-likeness (QED) is 0.775. The Morgan fingerprint density at radius 1 is 1.11 bits per heavy atom. The zero-order chi connectivity index (χ0) is 18.8. The number of hydrogen-bond donors (Lipinski definition) is 1. The van der Waals surface area contributed by atoms with Gasteiger partial charge in [-0.3, -0.25) is 14.9 Å². The molecule has 6 nitrogen and oxygen atoms in total. The van der Waals surface area contributed by atoms with Crippen molar-refractivity contribution in [3.05, 3.63) is 65.4 Å². The Kier molecular flexibility index (Phi) is 4.71. The summed E-state index contributed by atoms with van der Waals surface area (Å²) in [5.41, 5.74) is 5.73. The first-order chi connectivity index (χ1) is 13.1. The molecule has 1 aliphatic heterocycles. The van der Waals surface area contributed by atoms with Gasteiger partial charge >= 0.3 is 0 Å². The van der Waals surface area contributed by atoms with E-state index in [1.165, 1.54) is 5.56 Å². The topological polar surface area (TPSA) is 74.8 Å². The van der Waals surface area contributed by atoms with Gasteiger partial charge in [0.1, 0.15) is 0 Å². The van der Waals surface area contributed by atoms with Crippen LogP contribution < -0.4 is 0 Å². The fourth-order valence-electron chi connectivity index (χ4n) is 3.68. The third-order valence-corrected chi connectivity index (χ3v) is 5.33. The second-order valence-electron chi connectivity index (χ2n) is 7.12. The molecule has 0 aliphatic carbocycles. The lowest BCUT2D eigenvalue weighted by Crippen LogP contribution is -2.38. The highest BCUT2D eigenvalue weighted by molar-refractivity contribution is 5.95. The molecule has 27 heavy (non-hydrogen) atoms. The Hall–Kier alpha value is -3.02. The molecule has 2 aromatic heterocycles. The predicted octanol–water partition coefficient (Wildman–Crippen LogP) is 3.50. The minimum atomic E-state index is 0.0550. The van der Waals surface area contributed by atoms with Gasteiger partial charge in [0.2, 0.25) is 0 Å². The molecular formula is C21H23N5O. The molecule has 0 atom stereocenters. The van der Waals surface area contributed by atoms with E-state index in [1.807, 2.05) is 36.4 Å². The molecule has 6 heteroatoms. The standard InChI is InChI=1S/C21H23N5O/c1-14-5-3-4-6-17(14)20-13-22-12-19(24-20)16-7-9-26(10-8-16)21(27)18-11-23-25-15(18)2/h3-6,11-13,16H,7-10H2,1-2H3,(H,23,25). The average molecular weight is 361 g/mol. The van der Waals surface area contributed by atoms with Crippen LogP contribution in [0.3, 0.4) is 0 Å². The van der Waals surface area contributed by atoms with Crippen molar-refractivity contribution in [2.75, 3.05) is 13.1 Å². The SMILES string of the molecule is Cc1ccccc1-c1cncc(C2CCN(C(=O)c3cn[nH]c3C)CC2)n1. The number of aromatic nitrogens is 4.